The van der Waals surface area contributed by atoms with E-state index in [0.717, 1.165) is 6.42 Å². The van der Waals surface area contributed by atoms with Gasteiger partial charge in [0.15, 0.2) is 0 Å². The third-order valence-corrected chi connectivity index (χ3v) is 3.13. The Morgan fingerprint density at radius 3 is 2.25 bits per heavy atom. The van der Waals surface area contributed by atoms with E-state index in [4.69, 9.17) is 8.42 Å². The summed E-state index contributed by atoms with van der Waals surface area (Å²) in [6.45, 7) is 1.60. The molecule has 1 saturated carbocycles. The van der Waals surface area contributed by atoms with Crippen molar-refractivity contribution in [2.45, 2.75) is 38.1 Å². The van der Waals surface area contributed by atoms with Gasteiger partial charge in [0, 0.05) is 40.2 Å². The van der Waals surface area contributed by atoms with Gasteiger partial charge in [-0.2, -0.15) is 8.42 Å². The van der Waals surface area contributed by atoms with Gasteiger partial charge >= 0.3 is 8.26 Å². The first-order valence-electron chi connectivity index (χ1n) is 6.23. The summed E-state index contributed by atoms with van der Waals surface area (Å²) >= 11 is 0. The Morgan fingerprint density at radius 2 is 1.75 bits per heavy atom. The highest BCUT2D eigenvalue weighted by molar-refractivity contribution is 8.31. The SMILES string of the molecule is CC(=O)N[C@@H]1CCC[C@H]1c1ccccc1.O=S(=O)(Cl)Cl. The second kappa shape index (κ2) is 7.86. The molecule has 1 aliphatic rings. The molecule has 1 fully saturated rings. The lowest BCUT2D eigenvalue weighted by atomic mass is 9.94. The van der Waals surface area contributed by atoms with E-state index in [2.05, 4.69) is 50.9 Å². The molecule has 0 unspecified atom stereocenters. The van der Waals surface area contributed by atoms with Crippen LogP contribution < -0.4 is 5.32 Å². The van der Waals surface area contributed by atoms with Crippen molar-refractivity contribution in [2.24, 2.45) is 0 Å². The molecule has 1 N–H and O–H groups in total. The second-order valence-corrected chi connectivity index (χ2v) is 8.30. The summed E-state index contributed by atoms with van der Waals surface area (Å²) < 4.78 is 18.3. The number of rotatable bonds is 2. The lowest BCUT2D eigenvalue weighted by Gasteiger charge is -2.20. The number of amides is 1. The minimum atomic E-state index is -3.72. The topological polar surface area (TPSA) is 63.2 Å². The van der Waals surface area contributed by atoms with Gasteiger partial charge in [0.2, 0.25) is 5.91 Å². The summed E-state index contributed by atoms with van der Waals surface area (Å²) in [5, 5.41) is 3.05. The van der Waals surface area contributed by atoms with Gasteiger partial charge in [-0.3, -0.25) is 4.79 Å². The Labute approximate surface area is 128 Å². The molecule has 0 heterocycles. The summed E-state index contributed by atoms with van der Waals surface area (Å²) in [5.74, 6) is 0.595. The molecule has 0 saturated heterocycles. The van der Waals surface area contributed by atoms with Crippen molar-refractivity contribution in [1.82, 2.24) is 5.32 Å². The highest BCUT2D eigenvalue weighted by Gasteiger charge is 2.28. The Bertz CT molecular complexity index is 526. The van der Waals surface area contributed by atoms with Crippen molar-refractivity contribution in [3.63, 3.8) is 0 Å². The number of benzene rings is 1. The molecule has 0 spiro atoms. The molecule has 1 aromatic rings. The van der Waals surface area contributed by atoms with Crippen LogP contribution in [0.25, 0.3) is 0 Å². The maximum atomic E-state index is 11.1. The lowest BCUT2D eigenvalue weighted by molar-refractivity contribution is -0.119. The molecule has 4 nitrogen and oxygen atoms in total. The zero-order valence-electron chi connectivity index (χ0n) is 11.1. The van der Waals surface area contributed by atoms with Gasteiger partial charge in [-0.15, -0.1) is 0 Å². The van der Waals surface area contributed by atoms with Gasteiger partial charge in [0.25, 0.3) is 0 Å². The van der Waals surface area contributed by atoms with E-state index in [9.17, 15) is 4.79 Å². The number of carbonyl (C=O) groups excluding carboxylic acids is 1. The number of nitrogens with one attached hydrogen (secondary N) is 1. The van der Waals surface area contributed by atoms with Crippen LogP contribution in [0.2, 0.25) is 0 Å². The molecule has 1 aromatic carbocycles. The van der Waals surface area contributed by atoms with E-state index >= 15 is 0 Å². The first-order chi connectivity index (χ1) is 9.27. The van der Waals surface area contributed by atoms with Crippen LogP contribution in [0, 0.1) is 0 Å². The van der Waals surface area contributed by atoms with Crippen molar-refractivity contribution >= 4 is 35.5 Å². The molecule has 0 aromatic heterocycles. The Morgan fingerprint density at radius 1 is 1.20 bits per heavy atom. The number of halogens is 2. The average molecular weight is 338 g/mol. The summed E-state index contributed by atoms with van der Waals surface area (Å²) in [6, 6.07) is 10.8. The zero-order valence-corrected chi connectivity index (χ0v) is 13.4. The Hall–Kier alpha value is -0.780. The Kier molecular flexibility index (Phi) is 6.79. The monoisotopic (exact) mass is 337 g/mol. The lowest BCUT2D eigenvalue weighted by Crippen LogP contribution is -2.34. The summed E-state index contributed by atoms with van der Waals surface area (Å²) in [6.07, 6.45) is 3.51. The summed E-state index contributed by atoms with van der Waals surface area (Å²) in [7, 11) is 4.81. The van der Waals surface area contributed by atoms with Gasteiger partial charge in [-0.1, -0.05) is 36.8 Å². The van der Waals surface area contributed by atoms with Crippen LogP contribution in [0.5, 0.6) is 0 Å². The fraction of sp³-hybridized carbons (Fsp3) is 0.462. The van der Waals surface area contributed by atoms with Gasteiger partial charge in [0.05, 0.1) is 0 Å². The molecule has 0 bridgehead atoms. The van der Waals surface area contributed by atoms with E-state index in [-0.39, 0.29) is 5.91 Å². The smallest absolute Gasteiger partial charge is 0.317 e. The Balaban J connectivity index is 0.000000347. The summed E-state index contributed by atoms with van der Waals surface area (Å²) in [4.78, 5) is 11.1. The maximum Gasteiger partial charge on any atom is 0.317 e. The van der Waals surface area contributed by atoms with Crippen LogP contribution in [0.1, 0.15) is 37.7 Å². The number of hydrogen-bond acceptors (Lipinski definition) is 3. The quantitative estimate of drug-likeness (QED) is 0.843. The van der Waals surface area contributed by atoms with Crippen LogP contribution in [0.3, 0.4) is 0 Å². The number of hydrogen-bond donors (Lipinski definition) is 1. The van der Waals surface area contributed by atoms with E-state index in [1.165, 1.54) is 18.4 Å². The first-order valence-corrected chi connectivity index (χ1v) is 9.37. The minimum absolute atomic E-state index is 0.0860. The third-order valence-electron chi connectivity index (χ3n) is 3.13. The molecule has 1 aliphatic carbocycles. The molecule has 7 heteroatoms. The molecule has 20 heavy (non-hydrogen) atoms. The van der Waals surface area contributed by atoms with Gasteiger partial charge in [-0.05, 0) is 18.4 Å². The molecule has 0 radical (unpaired) electrons. The standard InChI is InChI=1S/C13H17NO.Cl2O2S/c1-10(15)14-13-9-5-8-12(13)11-6-3-2-4-7-11;1-5(2,3)4/h2-4,6-7,12-13H,5,8-9H2,1H3,(H,14,15);/t12-,13+;/m0./s1. The highest BCUT2D eigenvalue weighted by Crippen LogP contribution is 2.34. The molecule has 0 aliphatic heterocycles. The third kappa shape index (κ3) is 7.12. The van der Waals surface area contributed by atoms with Crippen LogP contribution in [0.4, 0.5) is 0 Å². The van der Waals surface area contributed by atoms with Crippen molar-refractivity contribution in [2.75, 3.05) is 0 Å². The average Bonchev–Trinajstić information content (AvgIpc) is 2.75. The minimum Gasteiger partial charge on any atom is -0.353 e. The molecule has 1 amide bonds. The fourth-order valence-electron chi connectivity index (χ4n) is 2.49. The van der Waals surface area contributed by atoms with Crippen molar-refractivity contribution in [3.8, 4) is 0 Å². The van der Waals surface area contributed by atoms with E-state index in [1.807, 2.05) is 6.07 Å². The van der Waals surface area contributed by atoms with E-state index in [1.54, 1.807) is 6.92 Å². The van der Waals surface area contributed by atoms with Gasteiger partial charge in [-0.25, -0.2) is 0 Å². The van der Waals surface area contributed by atoms with Crippen LogP contribution >= 0.6 is 21.4 Å². The molecule has 2 atom stereocenters. The van der Waals surface area contributed by atoms with E-state index in [0.29, 0.717) is 12.0 Å². The van der Waals surface area contributed by atoms with E-state index < -0.39 is 8.26 Å². The van der Waals surface area contributed by atoms with Crippen LogP contribution in [-0.2, 0) is 13.1 Å². The fourth-order valence-corrected chi connectivity index (χ4v) is 2.49. The van der Waals surface area contributed by atoms with Gasteiger partial charge in [0.1, 0.15) is 0 Å². The van der Waals surface area contributed by atoms with Crippen LogP contribution in [0.15, 0.2) is 30.3 Å². The molecule has 112 valence electrons. The summed E-state index contributed by atoms with van der Waals surface area (Å²) in [5.41, 5.74) is 1.36. The number of carbonyl (C=O) groups is 1. The highest BCUT2D eigenvalue weighted by atomic mass is 36.0. The molecular weight excluding hydrogens is 321 g/mol. The maximum absolute atomic E-state index is 11.1. The second-order valence-electron chi connectivity index (χ2n) is 4.63. The molecular formula is C13H17Cl2NO3S. The normalized spacial score (nSPS) is 21.8. The van der Waals surface area contributed by atoms with Crippen molar-refractivity contribution in [3.05, 3.63) is 35.9 Å². The first kappa shape index (κ1) is 17.3. The van der Waals surface area contributed by atoms with Gasteiger partial charge < -0.3 is 5.32 Å². The predicted octanol–water partition coefficient (Wildman–Crippen LogP) is 3.17. The van der Waals surface area contributed by atoms with Crippen LogP contribution in [-0.4, -0.2) is 20.4 Å². The molecule has 2 rings (SSSR count). The largest absolute Gasteiger partial charge is 0.353 e. The zero-order chi connectivity index (χ0) is 15.2. The van der Waals surface area contributed by atoms with Crippen molar-refractivity contribution < 1.29 is 13.2 Å². The predicted molar refractivity (Wildman–Crippen MR) is 81.3 cm³/mol. The van der Waals surface area contributed by atoms with Crippen molar-refractivity contribution in [1.29, 1.82) is 0 Å².